The number of aromatic nitrogens is 4. The van der Waals surface area contributed by atoms with Crippen LogP contribution in [0.1, 0.15) is 102 Å². The van der Waals surface area contributed by atoms with Crippen molar-refractivity contribution >= 4 is 24.0 Å². The van der Waals surface area contributed by atoms with Gasteiger partial charge in [-0.15, -0.1) is 0 Å². The Morgan fingerprint density at radius 3 is 1.50 bits per heavy atom. The molecule has 16 nitrogen and oxygen atoms in total. The van der Waals surface area contributed by atoms with Crippen LogP contribution in [-0.4, -0.2) is 91.1 Å². The van der Waals surface area contributed by atoms with E-state index in [0.717, 1.165) is 82.0 Å². The van der Waals surface area contributed by atoms with Crippen LogP contribution in [0.25, 0.3) is 33.6 Å². The van der Waals surface area contributed by atoms with Gasteiger partial charge in [0, 0.05) is 46.5 Å². The second-order valence-electron chi connectivity index (χ2n) is 17.2. The van der Waals surface area contributed by atoms with Crippen LogP contribution in [0.3, 0.4) is 0 Å². The van der Waals surface area contributed by atoms with Crippen LogP contribution in [0, 0.1) is 0 Å². The van der Waals surface area contributed by atoms with Crippen LogP contribution in [0.15, 0.2) is 36.7 Å². The minimum absolute atomic E-state index is 0.155. The average Bonchev–Trinajstić information content (AvgIpc) is 4.00. The van der Waals surface area contributed by atoms with E-state index in [1.165, 1.54) is 0 Å². The van der Waals surface area contributed by atoms with Gasteiger partial charge in [0.1, 0.15) is 60.7 Å². The summed E-state index contributed by atoms with van der Waals surface area (Å²) in [6, 6.07) is 7.74. The van der Waals surface area contributed by atoms with E-state index in [1.807, 2.05) is 12.1 Å². The third-order valence-corrected chi connectivity index (χ3v) is 10.5. The topological polar surface area (TPSA) is 193 Å². The van der Waals surface area contributed by atoms with E-state index in [0.29, 0.717) is 38.0 Å². The first-order valence-electron chi connectivity index (χ1n) is 19.8. The molecule has 16 heteroatoms. The largest absolute Gasteiger partial charge is 0.488 e. The molecular formula is C42H50N8O8. The van der Waals surface area contributed by atoms with E-state index in [9.17, 15) is 19.2 Å². The van der Waals surface area contributed by atoms with Crippen molar-refractivity contribution < 1.29 is 38.1 Å². The highest BCUT2D eigenvalue weighted by molar-refractivity contribution is 5.89. The summed E-state index contributed by atoms with van der Waals surface area (Å²) < 4.78 is 23.4. The number of rotatable bonds is 8. The van der Waals surface area contributed by atoms with Crippen molar-refractivity contribution in [3.63, 3.8) is 0 Å². The molecule has 0 bridgehead atoms. The van der Waals surface area contributed by atoms with Crippen molar-refractivity contribution in [1.82, 2.24) is 40.4 Å². The van der Waals surface area contributed by atoms with E-state index in [4.69, 9.17) is 18.9 Å². The standard InChI is InChI=1S/C42H50N8O8/c1-41(2,3)57-39(53)45-19-33(51)49-11-7-9-29(49)37-43-17-27(47-37)23-13-25-21-56-32-16-24(14-26-22-55-31(15-23)35(25)36(26)32)28-18-44-38(48-28)30-10-8-12-50(30)34(52)20-46-40(54)58-42(4,5)6/h13-18,29-30H,7-12,19-22H2,1-6H3,(H,43,47)(H,44,48)(H,45,53)(H,46,54)/t29-,30-/m0/s1. The Bertz CT molecular complexity index is 2060. The molecule has 2 aromatic heterocycles. The molecule has 0 unspecified atom stereocenters. The van der Waals surface area contributed by atoms with Crippen molar-refractivity contribution in [1.29, 1.82) is 0 Å². The van der Waals surface area contributed by atoms with Gasteiger partial charge in [0.15, 0.2) is 0 Å². The van der Waals surface area contributed by atoms with Gasteiger partial charge in [-0.1, -0.05) is 0 Å². The van der Waals surface area contributed by atoms with Gasteiger partial charge in [0.2, 0.25) is 11.8 Å². The predicted octanol–water partition coefficient (Wildman–Crippen LogP) is 6.30. The summed E-state index contributed by atoms with van der Waals surface area (Å²) in [5.41, 5.74) is 6.08. The molecule has 6 heterocycles. The fourth-order valence-electron chi connectivity index (χ4n) is 8.12. The average molecular weight is 795 g/mol. The molecule has 2 fully saturated rings. The first kappa shape index (κ1) is 38.8. The quantitative estimate of drug-likeness (QED) is 0.157. The van der Waals surface area contributed by atoms with Crippen LogP contribution < -0.4 is 20.1 Å². The summed E-state index contributed by atoms with van der Waals surface area (Å²) in [5, 5.41) is 5.15. The van der Waals surface area contributed by atoms with Crippen molar-refractivity contribution in [3.8, 4) is 45.1 Å². The lowest BCUT2D eigenvalue weighted by Crippen LogP contribution is -2.41. The number of imidazole rings is 2. The van der Waals surface area contributed by atoms with Crippen molar-refractivity contribution in [3.05, 3.63) is 59.4 Å². The predicted molar refractivity (Wildman–Crippen MR) is 212 cm³/mol. The summed E-state index contributed by atoms with van der Waals surface area (Å²) in [6.07, 6.45) is 5.47. The highest BCUT2D eigenvalue weighted by Gasteiger charge is 2.35. The van der Waals surface area contributed by atoms with E-state index in [1.54, 1.807) is 63.7 Å². The molecule has 0 aliphatic carbocycles. The third-order valence-electron chi connectivity index (χ3n) is 10.5. The van der Waals surface area contributed by atoms with Crippen LogP contribution in [-0.2, 0) is 32.3 Å². The summed E-state index contributed by atoms with van der Waals surface area (Å²) in [5.74, 6) is 2.50. The number of benzene rings is 2. The van der Waals surface area contributed by atoms with E-state index in [2.05, 4.69) is 42.7 Å². The molecule has 4 N–H and O–H groups in total. The third kappa shape index (κ3) is 8.04. The molecule has 4 aliphatic heterocycles. The lowest BCUT2D eigenvalue weighted by molar-refractivity contribution is -0.132. The molecule has 4 aliphatic rings. The fraction of sp³-hybridized carbons (Fsp3) is 0.476. The second-order valence-corrected chi connectivity index (χ2v) is 17.2. The number of hydrogen-bond donors (Lipinski definition) is 4. The minimum atomic E-state index is -0.655. The minimum Gasteiger partial charge on any atom is -0.488 e. The summed E-state index contributed by atoms with van der Waals surface area (Å²) >= 11 is 0. The maximum absolute atomic E-state index is 13.1. The van der Waals surface area contributed by atoms with Gasteiger partial charge < -0.3 is 49.3 Å². The summed E-state index contributed by atoms with van der Waals surface area (Å²) in [4.78, 5) is 70.4. The number of amides is 4. The Morgan fingerprint density at radius 1 is 0.690 bits per heavy atom. The van der Waals surface area contributed by atoms with Gasteiger partial charge in [-0.05, 0) is 91.5 Å². The number of aromatic amines is 2. The maximum Gasteiger partial charge on any atom is 0.408 e. The number of carbonyl (C=O) groups excluding carboxylic acids is 4. The number of nitrogens with one attached hydrogen (secondary N) is 4. The molecule has 2 aromatic carbocycles. The van der Waals surface area contributed by atoms with Crippen LogP contribution in [0.5, 0.6) is 11.5 Å². The smallest absolute Gasteiger partial charge is 0.408 e. The zero-order valence-electron chi connectivity index (χ0n) is 33.7. The Hall–Kier alpha value is -6.06. The summed E-state index contributed by atoms with van der Waals surface area (Å²) in [7, 11) is 0. The van der Waals surface area contributed by atoms with Crippen molar-refractivity contribution in [2.24, 2.45) is 0 Å². The first-order valence-corrected chi connectivity index (χ1v) is 19.8. The van der Waals surface area contributed by atoms with E-state index >= 15 is 0 Å². The fourth-order valence-corrected chi connectivity index (χ4v) is 8.12. The Morgan fingerprint density at radius 2 is 1.10 bits per heavy atom. The molecule has 2 saturated heterocycles. The molecule has 2 atom stereocenters. The number of alkyl carbamates (subject to hydrolysis) is 2. The Balaban J connectivity index is 0.960. The van der Waals surface area contributed by atoms with Gasteiger partial charge in [-0.2, -0.15) is 0 Å². The van der Waals surface area contributed by atoms with Crippen molar-refractivity contribution in [2.75, 3.05) is 26.2 Å². The molecule has 0 spiro atoms. The second kappa shape index (κ2) is 15.0. The number of ether oxygens (including phenoxy) is 4. The maximum atomic E-state index is 13.1. The zero-order chi connectivity index (χ0) is 40.9. The molecule has 4 amide bonds. The number of hydrogen-bond acceptors (Lipinski definition) is 10. The molecule has 4 aromatic rings. The lowest BCUT2D eigenvalue weighted by atomic mass is 9.87. The van der Waals surface area contributed by atoms with Crippen LogP contribution >= 0.6 is 0 Å². The summed E-state index contributed by atoms with van der Waals surface area (Å²) in [6.45, 7) is 12.2. The molecule has 8 rings (SSSR count). The van der Waals surface area contributed by atoms with E-state index < -0.39 is 23.4 Å². The van der Waals surface area contributed by atoms with Crippen LogP contribution in [0.4, 0.5) is 9.59 Å². The van der Waals surface area contributed by atoms with Gasteiger partial charge in [-0.25, -0.2) is 19.6 Å². The Labute approximate surface area is 336 Å². The van der Waals surface area contributed by atoms with Crippen LogP contribution in [0.2, 0.25) is 0 Å². The zero-order valence-corrected chi connectivity index (χ0v) is 33.7. The molecular weight excluding hydrogens is 745 g/mol. The van der Waals surface area contributed by atoms with E-state index in [-0.39, 0.29) is 37.0 Å². The van der Waals surface area contributed by atoms with Gasteiger partial charge in [0.25, 0.3) is 0 Å². The van der Waals surface area contributed by atoms with Gasteiger partial charge >= 0.3 is 12.2 Å². The van der Waals surface area contributed by atoms with Gasteiger partial charge in [0.05, 0.1) is 35.9 Å². The molecule has 0 saturated carbocycles. The molecule has 306 valence electrons. The highest BCUT2D eigenvalue weighted by Crippen LogP contribution is 2.51. The monoisotopic (exact) mass is 794 g/mol. The number of nitrogens with zero attached hydrogens (tertiary/aromatic N) is 4. The number of carbonyl (C=O) groups is 4. The van der Waals surface area contributed by atoms with Crippen molar-refractivity contribution in [2.45, 2.75) is 104 Å². The number of likely N-dealkylation sites (tertiary alicyclic amines) is 2. The SMILES string of the molecule is CC(C)(C)OC(=O)NCC(=O)N1CCC[C@H]1c1ncc(-c2cc3c4c(c2)OCc2cc(-c5cnc([C@@H]6CCCN6C(=O)CNC(=O)OC(C)(C)C)[nH]5)cc(c2-4)OC3)[nH]1. The number of H-pyrrole nitrogens is 2. The normalized spacial score (nSPS) is 18.2. The lowest BCUT2D eigenvalue weighted by Gasteiger charge is -2.30. The molecule has 0 radical (unpaired) electrons. The molecule has 58 heavy (non-hydrogen) atoms. The Kier molecular flexibility index (Phi) is 10.1. The van der Waals surface area contributed by atoms with Gasteiger partial charge in [-0.3, -0.25) is 9.59 Å². The first-order chi connectivity index (χ1) is 27.6. The highest BCUT2D eigenvalue weighted by atomic mass is 16.6.